The highest BCUT2D eigenvalue weighted by Crippen LogP contribution is 2.09. The maximum Gasteiger partial charge on any atom is 0.317 e. The van der Waals surface area contributed by atoms with E-state index in [2.05, 4.69) is 15.5 Å². The van der Waals surface area contributed by atoms with E-state index in [1.54, 1.807) is 6.92 Å². The van der Waals surface area contributed by atoms with Crippen molar-refractivity contribution < 1.29 is 24.0 Å². The molecule has 9 nitrogen and oxygen atoms in total. The van der Waals surface area contributed by atoms with E-state index in [9.17, 15) is 9.59 Å². The van der Waals surface area contributed by atoms with E-state index >= 15 is 0 Å². The summed E-state index contributed by atoms with van der Waals surface area (Å²) in [6, 6.07) is -0.300. The van der Waals surface area contributed by atoms with Crippen LogP contribution in [0, 0.1) is 6.92 Å². The number of aliphatic carboxylic acids is 1. The van der Waals surface area contributed by atoms with Gasteiger partial charge in [0.2, 0.25) is 5.89 Å². The van der Waals surface area contributed by atoms with E-state index in [1.807, 2.05) is 0 Å². The summed E-state index contributed by atoms with van der Waals surface area (Å²) in [5.74, 6) is -0.118. The highest BCUT2D eigenvalue weighted by molar-refractivity contribution is 5.74. The topological polar surface area (TPSA) is 118 Å². The van der Waals surface area contributed by atoms with E-state index in [0.29, 0.717) is 24.9 Å². The number of hydrogen-bond acceptors (Lipinski definition) is 6. The lowest BCUT2D eigenvalue weighted by Crippen LogP contribution is -2.49. The third kappa shape index (κ3) is 3.92. The fourth-order valence-electron chi connectivity index (χ4n) is 1.90. The molecule has 1 saturated heterocycles. The maximum absolute atomic E-state index is 11.9. The van der Waals surface area contributed by atoms with Crippen LogP contribution in [0.2, 0.25) is 0 Å². The van der Waals surface area contributed by atoms with Gasteiger partial charge in [-0.3, -0.25) is 4.79 Å². The molecule has 110 valence electrons. The first-order valence-corrected chi connectivity index (χ1v) is 6.20. The average Bonchev–Trinajstić information content (AvgIpc) is 2.81. The minimum atomic E-state index is -0.945. The molecule has 0 aliphatic carbocycles. The number of aromatic nitrogens is 2. The zero-order valence-electron chi connectivity index (χ0n) is 11.0. The van der Waals surface area contributed by atoms with Gasteiger partial charge in [-0.2, -0.15) is 4.98 Å². The monoisotopic (exact) mass is 284 g/mol. The summed E-state index contributed by atoms with van der Waals surface area (Å²) in [5, 5.41) is 15.0. The predicted molar refractivity (Wildman–Crippen MR) is 64.8 cm³/mol. The van der Waals surface area contributed by atoms with Crippen molar-refractivity contribution in [3.05, 3.63) is 11.7 Å². The number of rotatable bonds is 4. The van der Waals surface area contributed by atoms with Gasteiger partial charge in [-0.1, -0.05) is 5.16 Å². The first-order chi connectivity index (χ1) is 9.54. The summed E-state index contributed by atoms with van der Waals surface area (Å²) in [5.41, 5.74) is 0. The Bertz CT molecular complexity index is 489. The Hall–Kier alpha value is -2.16. The number of ether oxygens (including phenoxy) is 1. The van der Waals surface area contributed by atoms with Crippen molar-refractivity contribution in [2.75, 3.05) is 19.7 Å². The lowest BCUT2D eigenvalue weighted by Gasteiger charge is -2.32. The van der Waals surface area contributed by atoms with Crippen LogP contribution in [0.1, 0.15) is 18.1 Å². The van der Waals surface area contributed by atoms with E-state index in [0.717, 1.165) is 0 Å². The highest BCUT2D eigenvalue weighted by atomic mass is 16.5. The van der Waals surface area contributed by atoms with Crippen LogP contribution in [-0.2, 0) is 16.1 Å². The van der Waals surface area contributed by atoms with Crippen LogP contribution in [0.15, 0.2) is 4.52 Å². The number of carboxylic acids is 1. The summed E-state index contributed by atoms with van der Waals surface area (Å²) in [6.07, 6.45) is -0.590. The normalized spacial score (nSPS) is 18.9. The van der Waals surface area contributed by atoms with Crippen LogP contribution >= 0.6 is 0 Å². The molecule has 1 aromatic rings. The van der Waals surface area contributed by atoms with Crippen molar-refractivity contribution in [1.29, 1.82) is 0 Å². The van der Waals surface area contributed by atoms with Gasteiger partial charge in [0.25, 0.3) is 0 Å². The number of amides is 2. The number of aryl methyl sites for hydroxylation is 1. The number of carbonyl (C=O) groups is 2. The molecule has 2 amide bonds. The second-order valence-electron chi connectivity index (χ2n) is 4.43. The number of nitrogens with one attached hydrogen (secondary N) is 1. The molecule has 1 fully saturated rings. The van der Waals surface area contributed by atoms with Crippen molar-refractivity contribution in [3.63, 3.8) is 0 Å². The van der Waals surface area contributed by atoms with Crippen LogP contribution in [0.3, 0.4) is 0 Å². The van der Waals surface area contributed by atoms with Crippen LogP contribution < -0.4 is 5.32 Å². The molecule has 9 heteroatoms. The number of carbonyl (C=O) groups excluding carboxylic acids is 1. The molecular formula is C11H16N4O5. The zero-order chi connectivity index (χ0) is 14.5. The Labute approximate surface area is 114 Å². The van der Waals surface area contributed by atoms with E-state index in [1.165, 1.54) is 4.90 Å². The zero-order valence-corrected chi connectivity index (χ0v) is 11.0. The summed E-state index contributed by atoms with van der Waals surface area (Å²) in [6.45, 7) is 2.83. The molecule has 0 bridgehead atoms. The number of carboxylic acid groups (broad SMARTS) is 1. The van der Waals surface area contributed by atoms with Crippen molar-refractivity contribution in [1.82, 2.24) is 20.4 Å². The van der Waals surface area contributed by atoms with Crippen LogP contribution in [0.5, 0.6) is 0 Å². The smallest absolute Gasteiger partial charge is 0.317 e. The molecule has 0 saturated carbocycles. The van der Waals surface area contributed by atoms with Crippen molar-refractivity contribution in [3.8, 4) is 0 Å². The quantitative estimate of drug-likeness (QED) is 0.783. The molecule has 0 spiro atoms. The number of morpholine rings is 1. The molecule has 0 aromatic carbocycles. The minimum Gasteiger partial charge on any atom is -0.481 e. The highest BCUT2D eigenvalue weighted by Gasteiger charge is 2.25. The Morgan fingerprint density at radius 2 is 2.35 bits per heavy atom. The lowest BCUT2D eigenvalue weighted by molar-refractivity contribution is -0.141. The summed E-state index contributed by atoms with van der Waals surface area (Å²) in [4.78, 5) is 28.1. The average molecular weight is 284 g/mol. The molecule has 2 heterocycles. The first-order valence-electron chi connectivity index (χ1n) is 6.20. The van der Waals surface area contributed by atoms with Crippen LogP contribution in [0.4, 0.5) is 4.79 Å². The van der Waals surface area contributed by atoms with Crippen LogP contribution in [0.25, 0.3) is 0 Å². The van der Waals surface area contributed by atoms with E-state index in [4.69, 9.17) is 14.4 Å². The van der Waals surface area contributed by atoms with Gasteiger partial charge in [-0.15, -0.1) is 0 Å². The van der Waals surface area contributed by atoms with Gasteiger partial charge < -0.3 is 24.6 Å². The molecule has 2 rings (SSSR count). The van der Waals surface area contributed by atoms with Crippen molar-refractivity contribution in [2.45, 2.75) is 26.0 Å². The van der Waals surface area contributed by atoms with E-state index in [-0.39, 0.29) is 25.5 Å². The van der Waals surface area contributed by atoms with Gasteiger partial charge in [0.05, 0.1) is 25.7 Å². The Morgan fingerprint density at radius 1 is 1.55 bits per heavy atom. The minimum absolute atomic E-state index is 0.117. The van der Waals surface area contributed by atoms with Gasteiger partial charge in [0, 0.05) is 20.0 Å². The molecular weight excluding hydrogens is 268 g/mol. The number of urea groups is 1. The molecule has 1 aliphatic heterocycles. The molecule has 2 N–H and O–H groups in total. The number of nitrogens with zero attached hydrogens (tertiary/aromatic N) is 3. The molecule has 1 aromatic heterocycles. The third-order valence-corrected chi connectivity index (χ3v) is 2.80. The Morgan fingerprint density at radius 3 is 3.00 bits per heavy atom. The second-order valence-corrected chi connectivity index (χ2v) is 4.43. The van der Waals surface area contributed by atoms with E-state index < -0.39 is 12.1 Å². The summed E-state index contributed by atoms with van der Waals surface area (Å²) < 4.78 is 10.1. The Balaban J connectivity index is 1.81. The first kappa shape index (κ1) is 14.3. The molecule has 0 radical (unpaired) electrons. The summed E-state index contributed by atoms with van der Waals surface area (Å²) in [7, 11) is 0. The maximum atomic E-state index is 11.9. The molecule has 1 aliphatic rings. The van der Waals surface area contributed by atoms with Gasteiger partial charge >= 0.3 is 12.0 Å². The molecule has 1 unspecified atom stereocenters. The SMILES string of the molecule is Cc1nc(CNC(=O)N2CCOC(CC(=O)O)C2)no1. The Kier molecular flexibility index (Phi) is 4.51. The predicted octanol–water partition coefficient (Wildman–Crippen LogP) is -0.237. The van der Waals surface area contributed by atoms with Crippen molar-refractivity contribution in [2.24, 2.45) is 0 Å². The summed E-state index contributed by atoms with van der Waals surface area (Å²) >= 11 is 0. The fraction of sp³-hybridized carbons (Fsp3) is 0.636. The molecule has 20 heavy (non-hydrogen) atoms. The second kappa shape index (κ2) is 6.33. The van der Waals surface area contributed by atoms with Crippen LogP contribution in [-0.4, -0.2) is 57.9 Å². The third-order valence-electron chi connectivity index (χ3n) is 2.80. The van der Waals surface area contributed by atoms with Gasteiger partial charge in [-0.25, -0.2) is 4.79 Å². The van der Waals surface area contributed by atoms with Crippen molar-refractivity contribution >= 4 is 12.0 Å². The van der Waals surface area contributed by atoms with Gasteiger partial charge in [0.15, 0.2) is 5.82 Å². The van der Waals surface area contributed by atoms with Gasteiger partial charge in [0.1, 0.15) is 0 Å². The standard InChI is InChI=1S/C11H16N4O5/c1-7-13-9(14-20-7)5-12-11(18)15-2-3-19-8(6-15)4-10(16)17/h8H,2-6H2,1H3,(H,12,18)(H,16,17). The number of hydrogen-bond donors (Lipinski definition) is 2. The van der Waals surface area contributed by atoms with Gasteiger partial charge in [-0.05, 0) is 0 Å². The molecule has 1 atom stereocenters. The lowest BCUT2D eigenvalue weighted by atomic mass is 10.2. The largest absolute Gasteiger partial charge is 0.481 e. The fourth-order valence-corrected chi connectivity index (χ4v) is 1.90.